The Bertz CT molecular complexity index is 221. The van der Waals surface area contributed by atoms with Crippen LogP contribution >= 0.6 is 22.6 Å². The highest BCUT2D eigenvalue weighted by atomic mass is 127. The van der Waals surface area contributed by atoms with E-state index in [9.17, 15) is 4.79 Å². The minimum Gasteiger partial charge on any atom is -0.478 e. The van der Waals surface area contributed by atoms with Crippen molar-refractivity contribution in [3.05, 3.63) is 11.1 Å². The lowest BCUT2D eigenvalue weighted by atomic mass is 10.1. The predicted octanol–water partition coefficient (Wildman–Crippen LogP) is 2.26. The third-order valence-corrected chi connectivity index (χ3v) is 1.89. The van der Waals surface area contributed by atoms with E-state index in [4.69, 9.17) is 5.11 Å². The largest absolute Gasteiger partial charge is 0.478 e. The molecule has 0 saturated heterocycles. The average Bonchev–Trinajstić information content (AvgIpc) is 2.05. The number of hydrogen-bond acceptors (Lipinski definition) is 2. The van der Waals surface area contributed by atoms with Crippen LogP contribution in [0, 0.1) is 0 Å². The van der Waals surface area contributed by atoms with Crippen LogP contribution in [0.2, 0.25) is 0 Å². The molecule has 0 fully saturated rings. The molecule has 0 heterocycles. The number of aliphatic imine (C=N–C) groups is 1. The van der Waals surface area contributed by atoms with Crippen LogP contribution in [0.15, 0.2) is 16.1 Å². The lowest BCUT2D eigenvalue weighted by molar-refractivity contribution is -0.132. The molecule has 0 aliphatic carbocycles. The highest BCUT2D eigenvalue weighted by Crippen LogP contribution is 2.06. The third kappa shape index (κ3) is 3.85. The highest BCUT2D eigenvalue weighted by Gasteiger charge is 2.04. The van der Waals surface area contributed by atoms with Crippen LogP contribution in [0.5, 0.6) is 0 Å². The number of carbonyl (C=O) groups is 1. The summed E-state index contributed by atoms with van der Waals surface area (Å²) in [5.74, 6) is -0.869. The zero-order valence-electron chi connectivity index (χ0n) is 7.17. The fourth-order valence-electron chi connectivity index (χ4n) is 0.735. The molecule has 68 valence electrons. The number of halogens is 1. The second-order valence-corrected chi connectivity index (χ2v) is 2.92. The fourth-order valence-corrected chi connectivity index (χ4v) is 0.932. The van der Waals surface area contributed by atoms with Crippen molar-refractivity contribution < 1.29 is 9.90 Å². The smallest absolute Gasteiger partial charge is 0.331 e. The summed E-state index contributed by atoms with van der Waals surface area (Å²) < 4.78 is 0.661. The molecular weight excluding hydrogens is 269 g/mol. The second-order valence-electron chi connectivity index (χ2n) is 2.24. The fraction of sp³-hybridized carbons (Fsp3) is 0.500. The Balaban J connectivity index is 4.61. The molecule has 0 spiro atoms. The highest BCUT2D eigenvalue weighted by molar-refractivity contribution is 14.1. The number of hydrogen-bond donors (Lipinski definition) is 1. The number of carboxylic acid groups (broad SMARTS) is 1. The van der Waals surface area contributed by atoms with Crippen LogP contribution < -0.4 is 0 Å². The van der Waals surface area contributed by atoms with E-state index in [1.165, 1.54) is 0 Å². The van der Waals surface area contributed by atoms with Crippen molar-refractivity contribution in [3.63, 3.8) is 0 Å². The first kappa shape index (κ1) is 11.6. The first-order valence-corrected chi connectivity index (χ1v) is 5.14. The number of allylic oxidation sites excluding steroid dienone is 1. The Morgan fingerprint density at radius 1 is 1.67 bits per heavy atom. The number of alkyl halides is 1. The van der Waals surface area contributed by atoms with Crippen molar-refractivity contribution in [1.82, 2.24) is 0 Å². The van der Waals surface area contributed by atoms with Gasteiger partial charge in [-0.2, -0.15) is 0 Å². The molecule has 1 N–H and O–H groups in total. The Hall–Kier alpha value is -0.390. The van der Waals surface area contributed by atoms with Crippen molar-refractivity contribution in [1.29, 1.82) is 0 Å². The maximum absolute atomic E-state index is 10.5. The van der Waals surface area contributed by atoms with E-state index in [0.717, 1.165) is 5.57 Å². The van der Waals surface area contributed by atoms with Crippen molar-refractivity contribution in [2.45, 2.75) is 20.3 Å². The van der Waals surface area contributed by atoms with Crippen LogP contribution in [-0.4, -0.2) is 21.8 Å². The van der Waals surface area contributed by atoms with Gasteiger partial charge in [0.25, 0.3) is 0 Å². The average molecular weight is 281 g/mol. The van der Waals surface area contributed by atoms with Gasteiger partial charge in [0.2, 0.25) is 0 Å². The molecule has 0 aromatic carbocycles. The zero-order chi connectivity index (χ0) is 9.56. The van der Waals surface area contributed by atoms with Crippen LogP contribution in [0.3, 0.4) is 0 Å². The minimum absolute atomic E-state index is 0.381. The van der Waals surface area contributed by atoms with E-state index < -0.39 is 5.97 Å². The van der Waals surface area contributed by atoms with Gasteiger partial charge in [0.05, 0.1) is 4.55 Å². The number of rotatable bonds is 4. The molecule has 12 heavy (non-hydrogen) atoms. The van der Waals surface area contributed by atoms with E-state index in [-0.39, 0.29) is 0 Å². The van der Waals surface area contributed by atoms with Crippen molar-refractivity contribution in [3.8, 4) is 0 Å². The Kier molecular flexibility index (Phi) is 5.96. The summed E-state index contributed by atoms with van der Waals surface area (Å²) in [6.07, 6.45) is 2.34. The van der Waals surface area contributed by atoms with Gasteiger partial charge in [-0.1, -0.05) is 29.5 Å². The summed E-state index contributed by atoms with van der Waals surface area (Å²) >= 11 is 2.11. The van der Waals surface area contributed by atoms with Gasteiger partial charge in [-0.25, -0.2) is 4.79 Å². The first-order valence-electron chi connectivity index (χ1n) is 3.62. The quantitative estimate of drug-likeness (QED) is 0.282. The Morgan fingerprint density at radius 3 is 2.58 bits per heavy atom. The number of aliphatic carboxylic acids is 1. The molecule has 3 nitrogen and oxygen atoms in total. The molecule has 0 amide bonds. The SMILES string of the molecule is CC/C(C=NCI)=C(/C)C(=O)O. The summed E-state index contributed by atoms with van der Waals surface area (Å²) in [6, 6.07) is 0. The molecule has 0 atom stereocenters. The summed E-state index contributed by atoms with van der Waals surface area (Å²) in [6.45, 7) is 3.52. The van der Waals surface area contributed by atoms with E-state index in [1.54, 1.807) is 13.1 Å². The lowest BCUT2D eigenvalue weighted by Crippen LogP contribution is -2.01. The Labute approximate surface area is 85.7 Å². The van der Waals surface area contributed by atoms with Crippen LogP contribution in [0.4, 0.5) is 0 Å². The molecular formula is C8H12INO2. The summed E-state index contributed by atoms with van der Waals surface area (Å²) in [7, 11) is 0. The number of nitrogens with zero attached hydrogens (tertiary/aromatic N) is 1. The lowest BCUT2D eigenvalue weighted by Gasteiger charge is -1.99. The summed E-state index contributed by atoms with van der Waals surface area (Å²) in [5, 5.41) is 8.66. The topological polar surface area (TPSA) is 49.7 Å². The van der Waals surface area contributed by atoms with Gasteiger partial charge in [0.1, 0.15) is 0 Å². The predicted molar refractivity (Wildman–Crippen MR) is 58.0 cm³/mol. The van der Waals surface area contributed by atoms with Crippen molar-refractivity contribution in [2.24, 2.45) is 4.99 Å². The van der Waals surface area contributed by atoms with E-state index >= 15 is 0 Å². The van der Waals surface area contributed by atoms with Crippen LogP contribution in [0.25, 0.3) is 0 Å². The monoisotopic (exact) mass is 281 g/mol. The molecule has 0 radical (unpaired) electrons. The van der Waals surface area contributed by atoms with Gasteiger partial charge in [-0.3, -0.25) is 4.99 Å². The molecule has 0 unspecified atom stereocenters. The maximum Gasteiger partial charge on any atom is 0.331 e. The van der Waals surface area contributed by atoms with Crippen molar-refractivity contribution in [2.75, 3.05) is 4.55 Å². The standard InChI is InChI=1S/C8H12INO2/c1-3-7(4-10-5-9)6(2)8(11)12/h4H,3,5H2,1-2H3,(H,11,12)/b7-6+,10-4?. The van der Waals surface area contributed by atoms with E-state index in [0.29, 0.717) is 16.5 Å². The molecule has 0 aliphatic heterocycles. The van der Waals surface area contributed by atoms with Crippen molar-refractivity contribution >= 4 is 34.8 Å². The second kappa shape index (κ2) is 6.16. The van der Waals surface area contributed by atoms with Gasteiger partial charge in [0.15, 0.2) is 0 Å². The molecule has 0 aliphatic rings. The van der Waals surface area contributed by atoms with Gasteiger partial charge in [-0.15, -0.1) is 0 Å². The zero-order valence-corrected chi connectivity index (χ0v) is 9.33. The van der Waals surface area contributed by atoms with Crippen LogP contribution in [-0.2, 0) is 4.79 Å². The first-order chi connectivity index (χ1) is 5.63. The molecule has 0 aromatic rings. The molecule has 0 rings (SSSR count). The van der Waals surface area contributed by atoms with Gasteiger partial charge in [-0.05, 0) is 18.9 Å². The molecule has 4 heteroatoms. The van der Waals surface area contributed by atoms with Gasteiger partial charge >= 0.3 is 5.97 Å². The third-order valence-electron chi connectivity index (χ3n) is 1.50. The van der Waals surface area contributed by atoms with E-state index in [1.807, 2.05) is 6.92 Å². The number of carboxylic acids is 1. The van der Waals surface area contributed by atoms with Gasteiger partial charge in [0, 0.05) is 11.8 Å². The summed E-state index contributed by atoms with van der Waals surface area (Å²) in [4.78, 5) is 14.5. The van der Waals surface area contributed by atoms with Crippen LogP contribution in [0.1, 0.15) is 20.3 Å². The minimum atomic E-state index is -0.869. The molecule has 0 bridgehead atoms. The summed E-state index contributed by atoms with van der Waals surface area (Å²) in [5.41, 5.74) is 1.17. The van der Waals surface area contributed by atoms with Gasteiger partial charge < -0.3 is 5.11 Å². The molecule has 0 saturated carbocycles. The molecule has 0 aromatic heterocycles. The maximum atomic E-state index is 10.5. The normalized spacial score (nSPS) is 13.2. The van der Waals surface area contributed by atoms with E-state index in [2.05, 4.69) is 27.6 Å². The Morgan fingerprint density at radius 2 is 2.25 bits per heavy atom.